The molecule has 0 saturated heterocycles. The molecule has 0 saturated carbocycles. The maximum atomic E-state index is 6.27. The molecule has 41 heavy (non-hydrogen) atoms. The number of halogens is 4. The van der Waals surface area contributed by atoms with Gasteiger partial charge in [-0.25, -0.2) is 15.0 Å². The van der Waals surface area contributed by atoms with E-state index in [4.69, 9.17) is 58.4 Å². The van der Waals surface area contributed by atoms with Crippen LogP contribution >= 0.6 is 43.4 Å². The van der Waals surface area contributed by atoms with Crippen LogP contribution in [0.4, 0.5) is 11.4 Å². The molecule has 5 aromatic rings. The summed E-state index contributed by atoms with van der Waals surface area (Å²) in [5, 5.41) is 1.43. The Hall–Kier alpha value is -2.95. The number of aromatic nitrogens is 1. The van der Waals surface area contributed by atoms with Gasteiger partial charge in [-0.05, 0) is 73.5 Å². The van der Waals surface area contributed by atoms with Crippen LogP contribution in [0.5, 0.6) is 0 Å². The number of rotatable bonds is 6. The van der Waals surface area contributed by atoms with Crippen LogP contribution in [0.25, 0.3) is 0 Å². The van der Waals surface area contributed by atoms with E-state index in [9.17, 15) is 0 Å². The van der Waals surface area contributed by atoms with E-state index >= 15 is 0 Å². The molecule has 5 rings (SSSR count). The first-order valence-electron chi connectivity index (χ1n) is 12.5. The standard InChI is InChI=1S/C33H25Cl2N3.2ClH.Fe/c1-22-20-26(16-18-28(22)34)36-32(24-10-5-3-6-11-24)30-14-9-15-31(38-30)33(25-12-7-4-8-13-25)37-27-17-19-29(35)23(2)21-27;;;/h3-21H,1-2H3;2*1H;/q;;;+2/p-2. The van der Waals surface area contributed by atoms with E-state index in [1.54, 1.807) is 0 Å². The summed E-state index contributed by atoms with van der Waals surface area (Å²) in [6.07, 6.45) is 0. The van der Waals surface area contributed by atoms with Crippen LogP contribution in [0.2, 0.25) is 10.0 Å². The molecular formula is C33H25Cl4FeN3. The fraction of sp³-hybridized carbons (Fsp3) is 0.0606. The topological polar surface area (TPSA) is 37.6 Å². The Kier molecular flexibility index (Phi) is 11.6. The fourth-order valence-electron chi connectivity index (χ4n) is 4.08. The van der Waals surface area contributed by atoms with Crippen LogP contribution in [0.15, 0.2) is 125 Å². The van der Waals surface area contributed by atoms with Gasteiger partial charge in [0, 0.05) is 21.2 Å². The Morgan fingerprint density at radius 2 is 0.951 bits per heavy atom. The molecule has 0 aliphatic carbocycles. The minimum absolute atomic E-state index is 0.194. The van der Waals surface area contributed by atoms with Crippen LogP contribution < -0.4 is 0 Å². The van der Waals surface area contributed by atoms with E-state index in [2.05, 4.69) is 0 Å². The van der Waals surface area contributed by atoms with Crippen molar-refractivity contribution in [3.05, 3.63) is 159 Å². The number of benzene rings is 4. The predicted molar refractivity (Wildman–Crippen MR) is 172 cm³/mol. The predicted octanol–water partition coefficient (Wildman–Crippen LogP) is 10.7. The molecule has 208 valence electrons. The number of nitrogens with zero attached hydrogens (tertiary/aromatic N) is 3. The molecule has 1 heterocycles. The summed E-state index contributed by atoms with van der Waals surface area (Å²) in [5.41, 5.74) is 8.53. The second kappa shape index (κ2) is 15.3. The van der Waals surface area contributed by atoms with E-state index in [1.807, 2.05) is 129 Å². The molecule has 0 aliphatic heterocycles. The van der Waals surface area contributed by atoms with Crippen molar-refractivity contribution in [1.29, 1.82) is 0 Å². The first-order valence-corrected chi connectivity index (χ1v) is 16.3. The van der Waals surface area contributed by atoms with Gasteiger partial charge in [0.05, 0.1) is 34.2 Å². The molecule has 0 aliphatic rings. The number of hydrogen-bond acceptors (Lipinski definition) is 3. The number of hydrogen-bond donors (Lipinski definition) is 0. The van der Waals surface area contributed by atoms with Gasteiger partial charge in [-0.2, -0.15) is 0 Å². The molecule has 0 amide bonds. The van der Waals surface area contributed by atoms with Gasteiger partial charge in [-0.1, -0.05) is 89.9 Å². The Morgan fingerprint density at radius 3 is 1.32 bits per heavy atom. The van der Waals surface area contributed by atoms with E-state index in [1.165, 1.54) is 0 Å². The van der Waals surface area contributed by atoms with Gasteiger partial charge >= 0.3 is 33.3 Å². The van der Waals surface area contributed by atoms with Crippen molar-refractivity contribution in [2.75, 3.05) is 0 Å². The van der Waals surface area contributed by atoms with E-state index in [-0.39, 0.29) is 13.1 Å². The Balaban J connectivity index is 0.00000124. The maximum absolute atomic E-state index is 6.27. The van der Waals surface area contributed by atoms with Gasteiger partial charge in [0.1, 0.15) is 0 Å². The van der Waals surface area contributed by atoms with Crippen molar-refractivity contribution in [2.24, 2.45) is 9.98 Å². The van der Waals surface area contributed by atoms with Crippen LogP contribution in [0.1, 0.15) is 33.6 Å². The number of aliphatic imine (C=N–C) groups is 2. The Morgan fingerprint density at radius 1 is 0.561 bits per heavy atom. The van der Waals surface area contributed by atoms with Gasteiger partial charge < -0.3 is 0 Å². The first kappa shape index (κ1) is 31.0. The third kappa shape index (κ3) is 8.53. The molecule has 0 bridgehead atoms. The molecule has 4 aromatic carbocycles. The minimum atomic E-state index is 0.194. The molecule has 8 heteroatoms. The van der Waals surface area contributed by atoms with E-state index in [0.29, 0.717) is 10.0 Å². The summed E-state index contributed by atoms with van der Waals surface area (Å²) in [5.74, 6) is 0. The van der Waals surface area contributed by atoms with Crippen molar-refractivity contribution < 1.29 is 13.1 Å². The molecule has 0 fully saturated rings. The molecule has 0 unspecified atom stereocenters. The number of pyridine rings is 1. The molecular weight excluding hydrogens is 636 g/mol. The SMILES string of the molecule is Cc1cc(N=C(c2ccccc2)c2cccc(C(=Nc3ccc(Cl)c(C)c3)c3ccccc3)n2)ccc1Cl.[Cl][Fe][Cl]. The molecule has 0 N–H and O–H groups in total. The second-order valence-electron chi connectivity index (χ2n) is 8.98. The van der Waals surface area contributed by atoms with Crippen molar-refractivity contribution in [3.8, 4) is 0 Å². The normalized spacial score (nSPS) is 11.7. The molecule has 0 atom stereocenters. The zero-order chi connectivity index (χ0) is 29.2. The Bertz CT molecular complexity index is 1550. The third-order valence-electron chi connectivity index (χ3n) is 6.09. The van der Waals surface area contributed by atoms with Crippen LogP contribution in [0, 0.1) is 13.8 Å². The van der Waals surface area contributed by atoms with Crippen molar-refractivity contribution >= 4 is 66.2 Å². The second-order valence-corrected chi connectivity index (χ2v) is 11.6. The molecule has 0 radical (unpaired) electrons. The Labute approximate surface area is 265 Å². The van der Waals surface area contributed by atoms with Gasteiger partial charge in [0.15, 0.2) is 0 Å². The van der Waals surface area contributed by atoms with Crippen LogP contribution in [-0.2, 0) is 13.1 Å². The third-order valence-corrected chi connectivity index (χ3v) is 6.94. The van der Waals surface area contributed by atoms with Gasteiger partial charge in [0.25, 0.3) is 0 Å². The summed E-state index contributed by atoms with van der Waals surface area (Å²) in [7, 11) is 9.53. The summed E-state index contributed by atoms with van der Waals surface area (Å²) >= 11 is 12.7. The van der Waals surface area contributed by atoms with Gasteiger partial charge in [-0.15, -0.1) is 0 Å². The molecule has 1 aromatic heterocycles. The average molecular weight is 661 g/mol. The average Bonchev–Trinajstić information content (AvgIpc) is 2.99. The zero-order valence-electron chi connectivity index (χ0n) is 22.2. The van der Waals surface area contributed by atoms with Gasteiger partial charge in [0.2, 0.25) is 0 Å². The van der Waals surface area contributed by atoms with E-state index < -0.39 is 0 Å². The first-order chi connectivity index (χ1) is 19.9. The zero-order valence-corrected chi connectivity index (χ0v) is 26.3. The van der Waals surface area contributed by atoms with E-state index in [0.717, 1.165) is 56.4 Å². The van der Waals surface area contributed by atoms with Gasteiger partial charge in [-0.3, -0.25) is 0 Å². The quantitative estimate of drug-likeness (QED) is 0.132. The van der Waals surface area contributed by atoms with Crippen LogP contribution in [0.3, 0.4) is 0 Å². The van der Waals surface area contributed by atoms with Crippen molar-refractivity contribution in [2.45, 2.75) is 13.8 Å². The summed E-state index contributed by atoms with van der Waals surface area (Å²) in [4.78, 5) is 15.1. The summed E-state index contributed by atoms with van der Waals surface area (Å²) < 4.78 is 0. The monoisotopic (exact) mass is 659 g/mol. The van der Waals surface area contributed by atoms with Crippen molar-refractivity contribution in [1.82, 2.24) is 4.98 Å². The molecule has 3 nitrogen and oxygen atoms in total. The van der Waals surface area contributed by atoms with Crippen LogP contribution in [-0.4, -0.2) is 16.4 Å². The summed E-state index contributed by atoms with van der Waals surface area (Å²) in [6.45, 7) is 3.95. The molecule has 0 spiro atoms. The number of aryl methyl sites for hydroxylation is 2. The fourth-order valence-corrected chi connectivity index (χ4v) is 4.32. The summed E-state index contributed by atoms with van der Waals surface area (Å²) in [6, 6.07) is 37.6. The van der Waals surface area contributed by atoms with Crippen molar-refractivity contribution in [3.63, 3.8) is 0 Å².